The highest BCUT2D eigenvalue weighted by atomic mass is 32.1. The van der Waals surface area contributed by atoms with Crippen molar-refractivity contribution in [2.24, 2.45) is 0 Å². The van der Waals surface area contributed by atoms with E-state index in [0.29, 0.717) is 6.54 Å². The van der Waals surface area contributed by atoms with Crippen molar-refractivity contribution in [3.05, 3.63) is 52.2 Å². The molecule has 3 heteroatoms. The van der Waals surface area contributed by atoms with Crippen molar-refractivity contribution >= 4 is 17.0 Å². The third kappa shape index (κ3) is 2.84. The average Bonchev–Trinajstić information content (AvgIpc) is 2.81. The predicted molar refractivity (Wildman–Crippen MR) is 68.9 cm³/mol. The maximum Gasteiger partial charge on any atom is 0.105 e. The molecule has 1 atom stereocenters. The van der Waals surface area contributed by atoms with Crippen molar-refractivity contribution in [2.75, 3.05) is 11.9 Å². The van der Waals surface area contributed by atoms with Crippen molar-refractivity contribution in [3.8, 4) is 0 Å². The van der Waals surface area contributed by atoms with E-state index in [4.69, 9.17) is 0 Å². The van der Waals surface area contributed by atoms with E-state index in [1.54, 1.807) is 11.3 Å². The van der Waals surface area contributed by atoms with Crippen LogP contribution in [0.4, 0.5) is 5.69 Å². The zero-order valence-electron chi connectivity index (χ0n) is 9.18. The molecule has 16 heavy (non-hydrogen) atoms. The van der Waals surface area contributed by atoms with E-state index in [1.165, 1.54) is 5.56 Å². The molecule has 1 unspecified atom stereocenters. The van der Waals surface area contributed by atoms with Crippen molar-refractivity contribution in [1.82, 2.24) is 0 Å². The first-order valence-corrected chi connectivity index (χ1v) is 6.15. The summed E-state index contributed by atoms with van der Waals surface area (Å²) < 4.78 is 0. The first-order chi connectivity index (χ1) is 7.75. The van der Waals surface area contributed by atoms with Crippen molar-refractivity contribution in [3.63, 3.8) is 0 Å². The van der Waals surface area contributed by atoms with Gasteiger partial charge < -0.3 is 10.4 Å². The van der Waals surface area contributed by atoms with Gasteiger partial charge in [-0.1, -0.05) is 23.8 Å². The molecule has 0 aliphatic carbocycles. The molecule has 1 heterocycles. The Morgan fingerprint density at radius 3 is 2.62 bits per heavy atom. The predicted octanol–water partition coefficient (Wildman–Crippen LogP) is 3.20. The molecule has 1 aromatic carbocycles. The number of rotatable bonds is 4. The number of aliphatic hydroxyl groups excluding tert-OH is 1. The summed E-state index contributed by atoms with van der Waals surface area (Å²) in [7, 11) is 0. The minimum Gasteiger partial charge on any atom is -0.386 e. The van der Waals surface area contributed by atoms with E-state index < -0.39 is 6.10 Å². The number of benzene rings is 1. The van der Waals surface area contributed by atoms with Gasteiger partial charge >= 0.3 is 0 Å². The van der Waals surface area contributed by atoms with E-state index in [0.717, 1.165) is 10.6 Å². The maximum atomic E-state index is 9.87. The number of aliphatic hydroxyl groups is 1. The van der Waals surface area contributed by atoms with Crippen LogP contribution in [0.25, 0.3) is 0 Å². The number of hydrogen-bond donors (Lipinski definition) is 2. The summed E-state index contributed by atoms with van der Waals surface area (Å²) in [4.78, 5) is 1.000. The van der Waals surface area contributed by atoms with Crippen LogP contribution in [-0.4, -0.2) is 11.7 Å². The van der Waals surface area contributed by atoms with Crippen LogP contribution in [0.1, 0.15) is 16.5 Å². The normalized spacial score (nSPS) is 12.4. The fourth-order valence-electron chi connectivity index (χ4n) is 1.47. The SMILES string of the molecule is Cc1ccc(NCC(O)c2cccs2)cc1. The van der Waals surface area contributed by atoms with Gasteiger partial charge in [0.25, 0.3) is 0 Å². The van der Waals surface area contributed by atoms with Gasteiger partial charge in [0.15, 0.2) is 0 Å². The third-order valence-corrected chi connectivity index (χ3v) is 3.40. The number of nitrogens with one attached hydrogen (secondary N) is 1. The Morgan fingerprint density at radius 1 is 1.25 bits per heavy atom. The van der Waals surface area contributed by atoms with Crippen molar-refractivity contribution < 1.29 is 5.11 Å². The topological polar surface area (TPSA) is 32.3 Å². The van der Waals surface area contributed by atoms with E-state index in [-0.39, 0.29) is 0 Å². The Bertz CT molecular complexity index is 422. The molecule has 2 nitrogen and oxygen atoms in total. The van der Waals surface area contributed by atoms with Crippen LogP contribution in [0.5, 0.6) is 0 Å². The van der Waals surface area contributed by atoms with Gasteiger partial charge in [0.05, 0.1) is 0 Å². The lowest BCUT2D eigenvalue weighted by molar-refractivity contribution is 0.195. The zero-order chi connectivity index (χ0) is 11.4. The molecule has 0 bridgehead atoms. The van der Waals surface area contributed by atoms with Crippen LogP contribution in [0.3, 0.4) is 0 Å². The van der Waals surface area contributed by atoms with E-state index in [9.17, 15) is 5.11 Å². The fraction of sp³-hybridized carbons (Fsp3) is 0.231. The Balaban J connectivity index is 1.90. The van der Waals surface area contributed by atoms with Crippen LogP contribution in [0, 0.1) is 6.92 Å². The number of anilines is 1. The van der Waals surface area contributed by atoms with Crippen LogP contribution >= 0.6 is 11.3 Å². The number of aryl methyl sites for hydroxylation is 1. The molecule has 2 N–H and O–H groups in total. The molecule has 0 saturated carbocycles. The lowest BCUT2D eigenvalue weighted by Crippen LogP contribution is -2.10. The molecule has 0 saturated heterocycles. The summed E-state index contributed by atoms with van der Waals surface area (Å²) in [6.07, 6.45) is -0.429. The minimum atomic E-state index is -0.429. The maximum absolute atomic E-state index is 9.87. The molecule has 0 aliphatic rings. The number of hydrogen-bond acceptors (Lipinski definition) is 3. The van der Waals surface area contributed by atoms with Gasteiger partial charge in [0.1, 0.15) is 6.10 Å². The standard InChI is InChI=1S/C13H15NOS/c1-10-4-6-11(7-5-10)14-9-12(15)13-3-2-8-16-13/h2-8,12,14-15H,9H2,1H3. The van der Waals surface area contributed by atoms with Gasteiger partial charge in [-0.2, -0.15) is 0 Å². The van der Waals surface area contributed by atoms with Gasteiger partial charge in [-0.3, -0.25) is 0 Å². The van der Waals surface area contributed by atoms with Crippen LogP contribution in [0.2, 0.25) is 0 Å². The Labute approximate surface area is 99.6 Å². The van der Waals surface area contributed by atoms with E-state index >= 15 is 0 Å². The summed E-state index contributed by atoms with van der Waals surface area (Å²) in [5.41, 5.74) is 2.28. The Hall–Kier alpha value is -1.32. The third-order valence-electron chi connectivity index (χ3n) is 2.42. The van der Waals surface area contributed by atoms with Crippen molar-refractivity contribution in [1.29, 1.82) is 0 Å². The largest absolute Gasteiger partial charge is 0.386 e. The Morgan fingerprint density at radius 2 is 2.00 bits per heavy atom. The second-order valence-electron chi connectivity index (χ2n) is 3.78. The van der Waals surface area contributed by atoms with Gasteiger partial charge in [-0.05, 0) is 30.5 Å². The van der Waals surface area contributed by atoms with Crippen LogP contribution in [0.15, 0.2) is 41.8 Å². The first-order valence-electron chi connectivity index (χ1n) is 5.28. The quantitative estimate of drug-likeness (QED) is 0.850. The minimum absolute atomic E-state index is 0.429. The van der Waals surface area contributed by atoms with E-state index in [1.807, 2.05) is 29.6 Å². The van der Waals surface area contributed by atoms with Gasteiger partial charge in [-0.15, -0.1) is 11.3 Å². The summed E-state index contributed by atoms with van der Waals surface area (Å²) in [6, 6.07) is 12.1. The molecule has 84 valence electrons. The summed E-state index contributed by atoms with van der Waals surface area (Å²) >= 11 is 1.58. The highest BCUT2D eigenvalue weighted by molar-refractivity contribution is 7.10. The lowest BCUT2D eigenvalue weighted by Gasteiger charge is -2.11. The molecular formula is C13H15NOS. The van der Waals surface area contributed by atoms with Gasteiger partial charge in [0.2, 0.25) is 0 Å². The molecule has 0 spiro atoms. The van der Waals surface area contributed by atoms with Gasteiger partial charge in [0, 0.05) is 17.1 Å². The molecule has 0 aliphatic heterocycles. The average molecular weight is 233 g/mol. The van der Waals surface area contributed by atoms with E-state index in [2.05, 4.69) is 24.4 Å². The molecule has 2 aromatic rings. The van der Waals surface area contributed by atoms with Crippen LogP contribution < -0.4 is 5.32 Å². The van der Waals surface area contributed by atoms with Crippen LogP contribution in [-0.2, 0) is 0 Å². The molecule has 0 amide bonds. The molecule has 0 fully saturated rings. The molecule has 2 rings (SSSR count). The molecule has 1 aromatic heterocycles. The smallest absolute Gasteiger partial charge is 0.105 e. The number of thiophene rings is 1. The molecule has 0 radical (unpaired) electrons. The summed E-state index contributed by atoms with van der Waals surface area (Å²) in [5, 5.41) is 15.1. The fourth-order valence-corrected chi connectivity index (χ4v) is 2.18. The summed E-state index contributed by atoms with van der Waals surface area (Å²) in [6.45, 7) is 2.61. The lowest BCUT2D eigenvalue weighted by atomic mass is 10.2. The molecular weight excluding hydrogens is 218 g/mol. The highest BCUT2D eigenvalue weighted by Crippen LogP contribution is 2.19. The zero-order valence-corrected chi connectivity index (χ0v) is 10.00. The highest BCUT2D eigenvalue weighted by Gasteiger charge is 2.07. The second kappa shape index (κ2) is 5.14. The van der Waals surface area contributed by atoms with Gasteiger partial charge in [-0.25, -0.2) is 0 Å². The monoisotopic (exact) mass is 233 g/mol. The first kappa shape index (κ1) is 11.2. The second-order valence-corrected chi connectivity index (χ2v) is 4.76. The Kier molecular flexibility index (Phi) is 3.59. The van der Waals surface area contributed by atoms with Crippen molar-refractivity contribution in [2.45, 2.75) is 13.0 Å². The summed E-state index contributed by atoms with van der Waals surface area (Å²) in [5.74, 6) is 0.